The fraction of sp³-hybridized carbons (Fsp3) is 0.227. The van der Waals surface area contributed by atoms with Crippen molar-refractivity contribution < 1.29 is 4.74 Å². The Labute approximate surface area is 165 Å². The van der Waals surface area contributed by atoms with E-state index in [-0.39, 0.29) is 6.04 Å². The van der Waals surface area contributed by atoms with Gasteiger partial charge in [-0.2, -0.15) is 0 Å². The van der Waals surface area contributed by atoms with Gasteiger partial charge in [0.1, 0.15) is 5.75 Å². The Morgan fingerprint density at radius 1 is 1.04 bits per heavy atom. The van der Waals surface area contributed by atoms with E-state index >= 15 is 0 Å². The molecule has 1 aromatic heterocycles. The van der Waals surface area contributed by atoms with Gasteiger partial charge in [0.25, 0.3) is 0 Å². The zero-order valence-corrected chi connectivity index (χ0v) is 16.4. The van der Waals surface area contributed by atoms with Crippen LogP contribution in [0.1, 0.15) is 22.9 Å². The van der Waals surface area contributed by atoms with Crippen LogP contribution in [0.15, 0.2) is 66.9 Å². The molecule has 0 fully saturated rings. The van der Waals surface area contributed by atoms with Crippen molar-refractivity contribution in [2.45, 2.75) is 19.5 Å². The minimum atomic E-state index is 0.0871. The molecular formula is C22H23N3OS. The number of thiocarbonyl (C=S) groups is 1. The number of benzene rings is 2. The van der Waals surface area contributed by atoms with Crippen LogP contribution >= 0.6 is 12.2 Å². The lowest BCUT2D eigenvalue weighted by atomic mass is 9.99. The second-order valence-electron chi connectivity index (χ2n) is 6.76. The molecule has 1 aliphatic rings. The molecule has 138 valence electrons. The van der Waals surface area contributed by atoms with Crippen LogP contribution in [0.5, 0.6) is 5.75 Å². The van der Waals surface area contributed by atoms with Gasteiger partial charge in [-0.05, 0) is 49.0 Å². The highest BCUT2D eigenvalue weighted by Crippen LogP contribution is 2.34. The molecule has 0 bridgehead atoms. The maximum absolute atomic E-state index is 5.82. The first-order valence-electron chi connectivity index (χ1n) is 9.09. The molecule has 3 aromatic rings. The van der Waals surface area contributed by atoms with Crippen LogP contribution in [0, 0.1) is 6.92 Å². The summed E-state index contributed by atoms with van der Waals surface area (Å²) >= 11 is 5.82. The normalized spacial score (nSPS) is 15.9. The second-order valence-corrected chi connectivity index (χ2v) is 7.15. The molecule has 4 rings (SSSR count). The van der Waals surface area contributed by atoms with E-state index < -0.39 is 0 Å². The highest BCUT2D eigenvalue weighted by atomic mass is 32.1. The number of aromatic nitrogens is 1. The van der Waals surface area contributed by atoms with Crippen LogP contribution in [-0.4, -0.2) is 28.2 Å². The number of rotatable bonds is 3. The quantitative estimate of drug-likeness (QED) is 0.675. The largest absolute Gasteiger partial charge is 0.495 e. The third kappa shape index (κ3) is 3.43. The van der Waals surface area contributed by atoms with E-state index in [1.165, 1.54) is 16.8 Å². The first-order valence-corrected chi connectivity index (χ1v) is 9.50. The monoisotopic (exact) mass is 377 g/mol. The third-order valence-corrected chi connectivity index (χ3v) is 5.38. The summed E-state index contributed by atoms with van der Waals surface area (Å²) in [6.07, 6.45) is 2.14. The van der Waals surface area contributed by atoms with Crippen LogP contribution in [-0.2, 0) is 6.54 Å². The summed E-state index contributed by atoms with van der Waals surface area (Å²) in [5.41, 5.74) is 4.64. The summed E-state index contributed by atoms with van der Waals surface area (Å²) in [5.74, 6) is 0.784. The Bertz CT molecular complexity index is 948. The Balaban J connectivity index is 1.68. The van der Waals surface area contributed by atoms with E-state index in [1.54, 1.807) is 7.11 Å². The summed E-state index contributed by atoms with van der Waals surface area (Å²) in [6.45, 7) is 3.87. The van der Waals surface area contributed by atoms with Gasteiger partial charge in [-0.3, -0.25) is 0 Å². The Morgan fingerprint density at radius 2 is 1.81 bits per heavy atom. The summed E-state index contributed by atoms with van der Waals surface area (Å²) in [5, 5.41) is 4.09. The van der Waals surface area contributed by atoms with Crippen molar-refractivity contribution in [3.8, 4) is 5.75 Å². The zero-order valence-electron chi connectivity index (χ0n) is 15.6. The number of aryl methyl sites for hydroxylation is 1. The molecule has 2 heterocycles. The van der Waals surface area contributed by atoms with Crippen molar-refractivity contribution in [3.05, 3.63) is 83.7 Å². The highest BCUT2D eigenvalue weighted by molar-refractivity contribution is 7.80. The number of fused-ring (bicyclic) bond motifs is 1. The van der Waals surface area contributed by atoms with Crippen molar-refractivity contribution in [2.75, 3.05) is 19.0 Å². The van der Waals surface area contributed by atoms with Crippen molar-refractivity contribution in [1.29, 1.82) is 0 Å². The van der Waals surface area contributed by atoms with Crippen LogP contribution in [0.2, 0.25) is 0 Å². The molecule has 0 radical (unpaired) electrons. The lowest BCUT2D eigenvalue weighted by molar-refractivity contribution is 0.293. The molecule has 2 aromatic carbocycles. The minimum absolute atomic E-state index is 0.0871. The van der Waals surface area contributed by atoms with E-state index in [9.17, 15) is 0 Å². The van der Waals surface area contributed by atoms with Gasteiger partial charge in [-0.15, -0.1) is 0 Å². The van der Waals surface area contributed by atoms with E-state index in [2.05, 4.69) is 64.3 Å². The molecular weight excluding hydrogens is 354 g/mol. The van der Waals surface area contributed by atoms with E-state index in [4.69, 9.17) is 17.0 Å². The fourth-order valence-electron chi connectivity index (χ4n) is 3.64. The molecule has 0 saturated carbocycles. The van der Waals surface area contributed by atoms with Crippen molar-refractivity contribution in [1.82, 2.24) is 9.47 Å². The van der Waals surface area contributed by atoms with Gasteiger partial charge in [0, 0.05) is 25.0 Å². The number of hydrogen-bond acceptors (Lipinski definition) is 2. The molecule has 4 nitrogen and oxygen atoms in total. The van der Waals surface area contributed by atoms with Crippen molar-refractivity contribution in [2.24, 2.45) is 0 Å². The fourth-order valence-corrected chi connectivity index (χ4v) is 3.94. The molecule has 0 aliphatic carbocycles. The Kier molecular flexibility index (Phi) is 4.86. The molecule has 5 heteroatoms. The number of ether oxygens (including phenoxy) is 1. The predicted molar refractivity (Wildman–Crippen MR) is 113 cm³/mol. The number of hydrogen-bond donors (Lipinski definition) is 1. The number of nitrogens with zero attached hydrogens (tertiary/aromatic N) is 2. The molecule has 1 atom stereocenters. The van der Waals surface area contributed by atoms with Crippen LogP contribution in [0.4, 0.5) is 5.69 Å². The smallest absolute Gasteiger partial charge is 0.174 e. The Hall–Kier alpha value is -2.79. The van der Waals surface area contributed by atoms with Gasteiger partial charge in [0.05, 0.1) is 18.8 Å². The zero-order chi connectivity index (χ0) is 18.8. The van der Waals surface area contributed by atoms with E-state index in [0.29, 0.717) is 5.11 Å². The van der Waals surface area contributed by atoms with Crippen molar-refractivity contribution >= 4 is 23.0 Å². The second kappa shape index (κ2) is 7.45. The highest BCUT2D eigenvalue weighted by Gasteiger charge is 2.30. The van der Waals surface area contributed by atoms with Gasteiger partial charge in [-0.1, -0.05) is 42.0 Å². The van der Waals surface area contributed by atoms with Crippen molar-refractivity contribution in [3.63, 3.8) is 0 Å². The number of methoxy groups -OCH3 is 1. The SMILES string of the molecule is COc1ccccc1NC(=S)N1CCn2cccc2C1c1ccc(C)cc1. The number of para-hydroxylation sites is 2. The maximum atomic E-state index is 5.82. The number of anilines is 1. The lowest BCUT2D eigenvalue weighted by Crippen LogP contribution is -2.44. The predicted octanol–water partition coefficient (Wildman–Crippen LogP) is 4.61. The molecule has 1 N–H and O–H groups in total. The summed E-state index contributed by atoms with van der Waals surface area (Å²) < 4.78 is 7.77. The van der Waals surface area contributed by atoms with Gasteiger partial charge < -0.3 is 19.5 Å². The number of nitrogens with one attached hydrogen (secondary N) is 1. The molecule has 0 spiro atoms. The summed E-state index contributed by atoms with van der Waals surface area (Å²) in [7, 11) is 1.67. The molecule has 1 aliphatic heterocycles. The average Bonchev–Trinajstić information content (AvgIpc) is 3.17. The summed E-state index contributed by atoms with van der Waals surface area (Å²) in [6, 6.07) is 20.9. The van der Waals surface area contributed by atoms with Crippen LogP contribution < -0.4 is 10.1 Å². The first kappa shape index (κ1) is 17.6. The molecule has 0 saturated heterocycles. The molecule has 27 heavy (non-hydrogen) atoms. The van der Waals surface area contributed by atoms with E-state index in [1.807, 2.05) is 24.3 Å². The first-order chi connectivity index (χ1) is 13.2. The minimum Gasteiger partial charge on any atom is -0.495 e. The molecule has 1 unspecified atom stereocenters. The van der Waals surface area contributed by atoms with Crippen LogP contribution in [0.25, 0.3) is 0 Å². The molecule has 0 amide bonds. The van der Waals surface area contributed by atoms with Crippen LogP contribution in [0.3, 0.4) is 0 Å². The maximum Gasteiger partial charge on any atom is 0.174 e. The summed E-state index contributed by atoms with van der Waals surface area (Å²) in [4.78, 5) is 2.27. The van der Waals surface area contributed by atoms with E-state index in [0.717, 1.165) is 24.5 Å². The van der Waals surface area contributed by atoms with Gasteiger partial charge in [0.15, 0.2) is 5.11 Å². The standard InChI is InChI=1S/C22H23N3OS/c1-16-9-11-17(12-10-16)21-19-7-5-13-24(19)14-15-25(21)22(27)23-18-6-3-4-8-20(18)26-2/h3-13,21H,14-15H2,1-2H3,(H,23,27). The topological polar surface area (TPSA) is 29.4 Å². The lowest BCUT2D eigenvalue weighted by Gasteiger charge is -2.39. The van der Waals surface area contributed by atoms with Gasteiger partial charge >= 0.3 is 0 Å². The van der Waals surface area contributed by atoms with Gasteiger partial charge in [0.2, 0.25) is 0 Å². The average molecular weight is 378 g/mol. The van der Waals surface area contributed by atoms with Gasteiger partial charge in [-0.25, -0.2) is 0 Å². The Morgan fingerprint density at radius 3 is 2.59 bits per heavy atom. The third-order valence-electron chi connectivity index (χ3n) is 5.04.